The molecular weight excluding hydrogens is 548 g/mol. The van der Waals surface area contributed by atoms with E-state index < -0.39 is 10.3 Å². The van der Waals surface area contributed by atoms with Gasteiger partial charge in [0.2, 0.25) is 5.78 Å². The molecule has 4 rings (SSSR count). The second-order valence-electron chi connectivity index (χ2n) is 8.06. The number of carbonyl (C=O) groups excluding carboxylic acids is 1. The van der Waals surface area contributed by atoms with Crippen molar-refractivity contribution in [3.63, 3.8) is 0 Å². The number of ketones is 1. The van der Waals surface area contributed by atoms with Gasteiger partial charge in [-0.2, -0.15) is 13.5 Å². The van der Waals surface area contributed by atoms with Crippen LogP contribution in [0.25, 0.3) is 0 Å². The number of rotatable bonds is 9. The Morgan fingerprint density at radius 1 is 1.32 bits per heavy atom. The summed E-state index contributed by atoms with van der Waals surface area (Å²) in [4.78, 5) is 21.4. The lowest BCUT2D eigenvalue weighted by Gasteiger charge is -2.15. The molecule has 34 heavy (non-hydrogen) atoms. The molecule has 13 heteroatoms. The number of nitrogens with zero attached hydrogens (tertiary/aromatic N) is 4. The van der Waals surface area contributed by atoms with Crippen molar-refractivity contribution >= 4 is 49.4 Å². The van der Waals surface area contributed by atoms with E-state index in [4.69, 9.17) is 20.9 Å². The van der Waals surface area contributed by atoms with Gasteiger partial charge in [0.05, 0.1) is 23.7 Å². The van der Waals surface area contributed by atoms with Gasteiger partial charge in [0.15, 0.2) is 0 Å². The van der Waals surface area contributed by atoms with Crippen LogP contribution >= 0.6 is 27.5 Å². The van der Waals surface area contributed by atoms with E-state index in [0.29, 0.717) is 29.4 Å². The fourth-order valence-electron chi connectivity index (χ4n) is 3.89. The van der Waals surface area contributed by atoms with Crippen molar-refractivity contribution in [1.82, 2.24) is 19.7 Å². The molecule has 1 aromatic carbocycles. The van der Waals surface area contributed by atoms with Crippen LogP contribution in [0.3, 0.4) is 0 Å². The average Bonchev–Trinajstić information content (AvgIpc) is 3.44. The maximum Gasteiger partial charge on any atom is 0.333 e. The van der Waals surface area contributed by atoms with E-state index in [-0.39, 0.29) is 30.0 Å². The molecular formula is C21H22BrClN6O4S. The Bertz CT molecular complexity index is 1300. The molecule has 10 nitrogen and oxygen atoms in total. The van der Waals surface area contributed by atoms with Crippen LogP contribution in [0.1, 0.15) is 40.9 Å². The summed E-state index contributed by atoms with van der Waals surface area (Å²) in [5, 5.41) is 13.2. The van der Waals surface area contributed by atoms with E-state index in [9.17, 15) is 13.2 Å². The number of hydrogen-bond donors (Lipinski definition) is 2. The van der Waals surface area contributed by atoms with E-state index in [1.807, 2.05) is 12.1 Å². The van der Waals surface area contributed by atoms with Crippen LogP contribution < -0.4 is 10.5 Å². The Balaban J connectivity index is 1.42. The van der Waals surface area contributed by atoms with Gasteiger partial charge in [0.25, 0.3) is 0 Å². The Morgan fingerprint density at radius 2 is 2.15 bits per heavy atom. The summed E-state index contributed by atoms with van der Waals surface area (Å²) in [5.41, 5.74) is 1.56. The Morgan fingerprint density at radius 3 is 2.91 bits per heavy atom. The molecule has 2 atom stereocenters. The lowest BCUT2D eigenvalue weighted by Crippen LogP contribution is -2.22. The van der Waals surface area contributed by atoms with Gasteiger partial charge in [-0.05, 0) is 64.9 Å². The number of halogens is 2. The fraction of sp³-hybridized carbons (Fsp3) is 0.333. The summed E-state index contributed by atoms with van der Waals surface area (Å²) in [6, 6.07) is 7.26. The Hall–Kier alpha value is -2.38. The second-order valence-corrected chi connectivity index (χ2v) is 10.5. The predicted molar refractivity (Wildman–Crippen MR) is 130 cm³/mol. The van der Waals surface area contributed by atoms with Gasteiger partial charge in [-0.3, -0.25) is 13.7 Å². The van der Waals surface area contributed by atoms with Crippen LogP contribution in [-0.4, -0.2) is 46.6 Å². The molecule has 3 N–H and O–H groups in total. The van der Waals surface area contributed by atoms with Crippen LogP contribution in [0.5, 0.6) is 0 Å². The van der Waals surface area contributed by atoms with Gasteiger partial charge < -0.3 is 5.32 Å². The molecule has 180 valence electrons. The minimum absolute atomic E-state index is 0.0106. The summed E-state index contributed by atoms with van der Waals surface area (Å²) < 4.78 is 29.2. The molecule has 0 amide bonds. The molecule has 0 radical (unpaired) electrons. The third kappa shape index (κ3) is 6.39. The van der Waals surface area contributed by atoms with Crippen molar-refractivity contribution in [2.45, 2.75) is 31.8 Å². The third-order valence-corrected chi connectivity index (χ3v) is 7.19. The van der Waals surface area contributed by atoms with Gasteiger partial charge in [0, 0.05) is 22.9 Å². The minimum atomic E-state index is -3.96. The smallest absolute Gasteiger partial charge is 0.333 e. The van der Waals surface area contributed by atoms with Crippen molar-refractivity contribution in [1.29, 1.82) is 0 Å². The second kappa shape index (κ2) is 10.5. The van der Waals surface area contributed by atoms with Crippen LogP contribution in [0.4, 0.5) is 5.82 Å². The first-order valence-corrected chi connectivity index (χ1v) is 13.1. The first-order valence-electron chi connectivity index (χ1n) is 10.4. The van der Waals surface area contributed by atoms with Crippen molar-refractivity contribution in [2.75, 3.05) is 11.9 Å². The molecule has 0 spiro atoms. The molecule has 1 fully saturated rings. The zero-order chi connectivity index (χ0) is 24.3. The highest BCUT2D eigenvalue weighted by atomic mass is 79.9. The summed E-state index contributed by atoms with van der Waals surface area (Å²) >= 11 is 9.45. The summed E-state index contributed by atoms with van der Waals surface area (Å²) in [6.07, 6.45) is 6.78. The topological polar surface area (TPSA) is 142 Å². The highest BCUT2D eigenvalue weighted by Gasteiger charge is 2.28. The SMILES string of the molecule is NS(=O)(=O)OCC1CCC(Nc2ncncc2C(=O)c2ccn(Cc3ccc(Cl)c(Br)c3)n2)C1. The minimum Gasteiger partial charge on any atom is -0.367 e. The molecule has 0 aliphatic heterocycles. The maximum absolute atomic E-state index is 13.2. The van der Waals surface area contributed by atoms with Crippen LogP contribution in [0, 0.1) is 5.92 Å². The van der Waals surface area contributed by atoms with Gasteiger partial charge in [-0.15, -0.1) is 0 Å². The van der Waals surface area contributed by atoms with E-state index in [2.05, 4.69) is 36.3 Å². The Labute approximate surface area is 210 Å². The van der Waals surface area contributed by atoms with E-state index in [1.54, 1.807) is 23.0 Å². The fourth-order valence-corrected chi connectivity index (χ4v) is 4.81. The summed E-state index contributed by atoms with van der Waals surface area (Å²) in [5.74, 6) is 0.154. The van der Waals surface area contributed by atoms with Crippen molar-refractivity contribution in [3.05, 3.63) is 69.3 Å². The number of benzene rings is 1. The molecule has 2 aromatic heterocycles. The number of nitrogens with one attached hydrogen (secondary N) is 1. The first kappa shape index (κ1) is 24.7. The highest BCUT2D eigenvalue weighted by Crippen LogP contribution is 2.29. The van der Waals surface area contributed by atoms with Crippen molar-refractivity contribution in [3.8, 4) is 0 Å². The van der Waals surface area contributed by atoms with Gasteiger partial charge in [-0.25, -0.2) is 15.1 Å². The molecule has 1 aliphatic carbocycles. The third-order valence-electron chi connectivity index (χ3n) is 5.51. The predicted octanol–water partition coefficient (Wildman–Crippen LogP) is 3.17. The highest BCUT2D eigenvalue weighted by molar-refractivity contribution is 9.10. The monoisotopic (exact) mass is 568 g/mol. The zero-order valence-corrected chi connectivity index (χ0v) is 21.1. The first-order chi connectivity index (χ1) is 16.2. The maximum atomic E-state index is 13.2. The lowest BCUT2D eigenvalue weighted by atomic mass is 10.1. The number of carbonyl (C=O) groups is 1. The van der Waals surface area contributed by atoms with E-state index in [0.717, 1.165) is 22.9 Å². The molecule has 0 bridgehead atoms. The van der Waals surface area contributed by atoms with Gasteiger partial charge in [0.1, 0.15) is 17.8 Å². The van der Waals surface area contributed by atoms with Crippen LogP contribution in [-0.2, 0) is 21.0 Å². The van der Waals surface area contributed by atoms with Crippen LogP contribution in [0.15, 0.2) is 47.5 Å². The largest absolute Gasteiger partial charge is 0.367 e. The van der Waals surface area contributed by atoms with Gasteiger partial charge >= 0.3 is 10.3 Å². The molecule has 1 saturated carbocycles. The molecule has 2 heterocycles. The number of aromatic nitrogens is 4. The summed E-state index contributed by atoms with van der Waals surface area (Å²) in [6.45, 7) is 0.512. The standard InChI is InChI=1S/C21H22BrClN6O4S/c22-17-8-13(2-4-18(17)23)10-29-6-5-19(28-29)20(30)16-9-25-12-26-21(16)27-15-3-1-14(7-15)11-33-34(24,31)32/h2,4-6,8-9,12,14-15H,1,3,7,10-11H2,(H2,24,31,32)(H,25,26,27). The number of anilines is 1. The van der Waals surface area contributed by atoms with Crippen molar-refractivity contribution in [2.24, 2.45) is 11.1 Å². The van der Waals surface area contributed by atoms with Crippen LogP contribution in [0.2, 0.25) is 5.02 Å². The van der Waals surface area contributed by atoms with E-state index in [1.165, 1.54) is 12.5 Å². The van der Waals surface area contributed by atoms with Crippen molar-refractivity contribution < 1.29 is 17.4 Å². The van der Waals surface area contributed by atoms with E-state index >= 15 is 0 Å². The summed E-state index contributed by atoms with van der Waals surface area (Å²) in [7, 11) is -3.96. The zero-order valence-electron chi connectivity index (χ0n) is 17.9. The number of nitrogens with two attached hydrogens (primary N) is 1. The molecule has 1 aliphatic rings. The normalized spacial score (nSPS) is 18.2. The lowest BCUT2D eigenvalue weighted by molar-refractivity contribution is 0.103. The van der Waals surface area contributed by atoms with Gasteiger partial charge in [-0.1, -0.05) is 17.7 Å². The molecule has 0 saturated heterocycles. The molecule has 2 unspecified atom stereocenters. The average molecular weight is 570 g/mol. The molecule has 3 aromatic rings. The quantitative estimate of drug-likeness (QED) is 0.374. The number of hydrogen-bond acceptors (Lipinski definition) is 8. The Kier molecular flexibility index (Phi) is 7.63.